The van der Waals surface area contributed by atoms with Crippen LogP contribution in [0.2, 0.25) is 0 Å². The van der Waals surface area contributed by atoms with Crippen molar-refractivity contribution >= 4 is 28.9 Å². The molecule has 6 heteroatoms. The lowest BCUT2D eigenvalue weighted by Crippen LogP contribution is -2.42. The summed E-state index contributed by atoms with van der Waals surface area (Å²) in [4.78, 5) is 33.6. The van der Waals surface area contributed by atoms with E-state index in [-0.39, 0.29) is 0 Å². The maximum absolute atomic E-state index is 11.1. The zero-order valence-corrected chi connectivity index (χ0v) is 7.75. The molecule has 0 aliphatic rings. The lowest BCUT2D eigenvalue weighted by molar-refractivity contribution is -0.125. The van der Waals surface area contributed by atoms with E-state index in [0.717, 1.165) is 4.90 Å². The highest BCUT2D eigenvalue weighted by molar-refractivity contribution is 6.64. The second-order valence-electron chi connectivity index (χ2n) is 2.17. The smallest absolute Gasteiger partial charge is 0.275 e. The van der Waals surface area contributed by atoms with Crippen LogP contribution in [0.3, 0.4) is 0 Å². The molecule has 0 N–H and O–H groups in total. The molecule has 0 aliphatic heterocycles. The fourth-order valence-electron chi connectivity index (χ4n) is 0.435. The van der Waals surface area contributed by atoms with Crippen molar-refractivity contribution in [1.82, 2.24) is 9.80 Å². The van der Waals surface area contributed by atoms with Crippen molar-refractivity contribution < 1.29 is 14.4 Å². The van der Waals surface area contributed by atoms with E-state index >= 15 is 0 Å². The molecule has 0 saturated carbocycles. The molecule has 0 spiro atoms. The Kier molecular flexibility index (Phi) is 3.69. The molecule has 0 saturated heterocycles. The third-order valence-corrected chi connectivity index (χ3v) is 1.56. The highest BCUT2D eigenvalue weighted by atomic mass is 35.5. The van der Waals surface area contributed by atoms with Gasteiger partial charge in [-0.1, -0.05) is 0 Å². The first-order chi connectivity index (χ1) is 5.37. The average Bonchev–Trinajstić information content (AvgIpc) is 2.00. The molecule has 0 aromatic rings. The van der Waals surface area contributed by atoms with Gasteiger partial charge in [0.05, 0.1) is 0 Å². The summed E-state index contributed by atoms with van der Waals surface area (Å²) in [6.45, 7) is 1.21. The van der Waals surface area contributed by atoms with Crippen molar-refractivity contribution in [1.29, 1.82) is 0 Å². The fourth-order valence-corrected chi connectivity index (χ4v) is 0.507. The number of hydrogen-bond acceptors (Lipinski definition) is 3. The van der Waals surface area contributed by atoms with Gasteiger partial charge in [-0.3, -0.25) is 19.4 Å². The first-order valence-electron chi connectivity index (χ1n) is 3.09. The SMILES string of the molecule is CC(=O)N(C)C(=O)N(C)C(=O)Cl. The van der Waals surface area contributed by atoms with Gasteiger partial charge in [0.25, 0.3) is 0 Å². The third kappa shape index (κ3) is 2.50. The summed E-state index contributed by atoms with van der Waals surface area (Å²) in [6.07, 6.45) is 0. The van der Waals surface area contributed by atoms with Gasteiger partial charge in [-0.25, -0.2) is 4.79 Å². The number of imide groups is 2. The van der Waals surface area contributed by atoms with E-state index in [1.165, 1.54) is 21.0 Å². The Hall–Kier alpha value is -1.10. The van der Waals surface area contributed by atoms with Gasteiger partial charge < -0.3 is 0 Å². The maximum atomic E-state index is 11.1. The molecule has 0 aromatic carbocycles. The second-order valence-corrected chi connectivity index (χ2v) is 2.50. The summed E-state index contributed by atoms with van der Waals surface area (Å²) in [5, 5.41) is -0.923. The van der Waals surface area contributed by atoms with Crippen LogP contribution in [0.1, 0.15) is 6.92 Å². The molecule has 0 rings (SSSR count). The zero-order chi connectivity index (χ0) is 9.89. The third-order valence-electron chi connectivity index (χ3n) is 1.31. The van der Waals surface area contributed by atoms with Gasteiger partial charge in [0, 0.05) is 21.0 Å². The molecule has 12 heavy (non-hydrogen) atoms. The van der Waals surface area contributed by atoms with Crippen molar-refractivity contribution in [3.8, 4) is 0 Å². The van der Waals surface area contributed by atoms with E-state index in [9.17, 15) is 14.4 Å². The van der Waals surface area contributed by atoms with Crippen molar-refractivity contribution in [3.63, 3.8) is 0 Å². The summed E-state index contributed by atoms with van der Waals surface area (Å²) in [7, 11) is 2.46. The van der Waals surface area contributed by atoms with Gasteiger partial charge in [-0.15, -0.1) is 0 Å². The normalized spacial score (nSPS) is 9.00. The van der Waals surface area contributed by atoms with Crippen LogP contribution < -0.4 is 0 Å². The molecule has 0 fully saturated rings. The van der Waals surface area contributed by atoms with Gasteiger partial charge in [-0.05, 0) is 11.6 Å². The number of hydrogen-bond donors (Lipinski definition) is 0. The summed E-state index contributed by atoms with van der Waals surface area (Å²) < 4.78 is 0. The number of nitrogens with zero attached hydrogens (tertiary/aromatic N) is 2. The number of carbonyl (C=O) groups is 3. The average molecular weight is 193 g/mol. The number of carbonyl (C=O) groups excluding carboxylic acids is 3. The molecule has 4 amide bonds. The van der Waals surface area contributed by atoms with Gasteiger partial charge in [0.15, 0.2) is 0 Å². The lowest BCUT2D eigenvalue weighted by atomic mass is 10.6. The fraction of sp³-hybridized carbons (Fsp3) is 0.500. The van der Waals surface area contributed by atoms with E-state index in [1.54, 1.807) is 0 Å². The molecule has 0 unspecified atom stereocenters. The Bertz CT molecular complexity index is 207. The topological polar surface area (TPSA) is 57.7 Å². The highest BCUT2D eigenvalue weighted by Gasteiger charge is 2.20. The lowest BCUT2D eigenvalue weighted by Gasteiger charge is -2.18. The number of rotatable bonds is 0. The van der Waals surface area contributed by atoms with Crippen LogP contribution >= 0.6 is 11.6 Å². The molecular weight excluding hydrogens is 184 g/mol. The van der Waals surface area contributed by atoms with E-state index < -0.39 is 17.3 Å². The summed E-state index contributed by atoms with van der Waals surface area (Å²) in [6, 6.07) is -0.748. The zero-order valence-electron chi connectivity index (χ0n) is 7.00. The van der Waals surface area contributed by atoms with E-state index in [1.807, 2.05) is 0 Å². The van der Waals surface area contributed by atoms with Gasteiger partial charge in [0.2, 0.25) is 5.91 Å². The Morgan fingerprint density at radius 2 is 1.50 bits per heavy atom. The molecule has 0 radical (unpaired) electrons. The first-order valence-corrected chi connectivity index (χ1v) is 3.47. The molecule has 0 heterocycles. The second kappa shape index (κ2) is 4.06. The van der Waals surface area contributed by atoms with E-state index in [0.29, 0.717) is 4.90 Å². The number of amides is 4. The van der Waals surface area contributed by atoms with Crippen LogP contribution in [0.4, 0.5) is 9.59 Å². The van der Waals surface area contributed by atoms with Crippen LogP contribution in [0, 0.1) is 0 Å². The van der Waals surface area contributed by atoms with Crippen LogP contribution in [0.15, 0.2) is 0 Å². The van der Waals surface area contributed by atoms with Crippen LogP contribution in [-0.2, 0) is 4.79 Å². The Balaban J connectivity index is 4.39. The van der Waals surface area contributed by atoms with Crippen LogP contribution in [0.5, 0.6) is 0 Å². The van der Waals surface area contributed by atoms with Crippen molar-refractivity contribution in [2.75, 3.05) is 14.1 Å². The van der Waals surface area contributed by atoms with Crippen molar-refractivity contribution in [2.24, 2.45) is 0 Å². The summed E-state index contributed by atoms with van der Waals surface area (Å²) in [5.41, 5.74) is 0. The summed E-state index contributed by atoms with van der Waals surface area (Å²) >= 11 is 5.00. The molecule has 0 aromatic heterocycles. The molecule has 68 valence electrons. The molecule has 5 nitrogen and oxygen atoms in total. The van der Waals surface area contributed by atoms with Gasteiger partial charge in [0.1, 0.15) is 0 Å². The summed E-state index contributed by atoms with van der Waals surface area (Å²) in [5.74, 6) is -0.454. The Morgan fingerprint density at radius 1 is 1.08 bits per heavy atom. The minimum atomic E-state index is -0.923. The molecule has 0 aliphatic carbocycles. The standard InChI is InChI=1S/C6H9ClN2O3/c1-4(10)8(2)6(12)9(3)5(7)11/h1-3H3. The predicted molar refractivity (Wildman–Crippen MR) is 42.9 cm³/mol. The molecule has 0 bridgehead atoms. The van der Waals surface area contributed by atoms with E-state index in [2.05, 4.69) is 0 Å². The number of halogens is 1. The molecular formula is C6H9ClN2O3. The Labute approximate surface area is 74.9 Å². The molecule has 0 atom stereocenters. The largest absolute Gasteiger partial charge is 0.333 e. The monoisotopic (exact) mass is 192 g/mol. The van der Waals surface area contributed by atoms with Gasteiger partial charge in [-0.2, -0.15) is 0 Å². The van der Waals surface area contributed by atoms with Crippen LogP contribution in [-0.4, -0.2) is 41.2 Å². The first kappa shape index (κ1) is 10.9. The quantitative estimate of drug-likeness (QED) is 0.423. The Morgan fingerprint density at radius 3 is 1.75 bits per heavy atom. The van der Waals surface area contributed by atoms with E-state index in [4.69, 9.17) is 11.6 Å². The minimum absolute atomic E-state index is 0.454. The maximum Gasteiger partial charge on any atom is 0.333 e. The predicted octanol–water partition coefficient (Wildman–Crippen LogP) is 0.875. The van der Waals surface area contributed by atoms with Crippen molar-refractivity contribution in [3.05, 3.63) is 0 Å². The minimum Gasteiger partial charge on any atom is -0.275 e. The van der Waals surface area contributed by atoms with Crippen LogP contribution in [0.25, 0.3) is 0 Å². The van der Waals surface area contributed by atoms with Gasteiger partial charge >= 0.3 is 11.4 Å². The number of urea groups is 1. The van der Waals surface area contributed by atoms with Crippen molar-refractivity contribution in [2.45, 2.75) is 6.92 Å². The highest BCUT2D eigenvalue weighted by Crippen LogP contribution is 1.98.